The number of carbonyl (C=O) groups excluding carboxylic acids is 2. The molecule has 0 heterocycles. The molecule has 0 aromatic carbocycles. The third-order valence-corrected chi connectivity index (χ3v) is 0.994. The van der Waals surface area contributed by atoms with E-state index in [1.54, 1.807) is 6.92 Å². The van der Waals surface area contributed by atoms with Crippen molar-refractivity contribution in [2.45, 2.75) is 13.8 Å². The molecule has 0 rings (SSSR count). The Morgan fingerprint density at radius 1 is 1.55 bits per heavy atom. The molecule has 1 unspecified atom stereocenters. The van der Waals surface area contributed by atoms with Gasteiger partial charge >= 0.3 is 24.8 Å². The summed E-state index contributed by atoms with van der Waals surface area (Å²) < 4.78 is 4.41. The maximum absolute atomic E-state index is 10.5. The van der Waals surface area contributed by atoms with E-state index >= 15 is 0 Å². The smallest absolute Gasteiger partial charge is 0.549 e. The summed E-state index contributed by atoms with van der Waals surface area (Å²) in [5.41, 5.74) is 0. The number of carboxylic acid groups (broad SMARTS) is 1. The van der Waals surface area contributed by atoms with Gasteiger partial charge < -0.3 is 14.6 Å². The van der Waals surface area contributed by atoms with Crippen LogP contribution in [0.2, 0.25) is 0 Å². The molecule has 1 atom stereocenters. The maximum atomic E-state index is 10.5. The molecule has 0 aromatic heterocycles. The van der Waals surface area contributed by atoms with E-state index in [0.29, 0.717) is 0 Å². The summed E-state index contributed by atoms with van der Waals surface area (Å²) in [4.78, 5) is 20.5. The Bertz CT molecular complexity index is 146. The predicted octanol–water partition coefficient (Wildman–Crippen LogP) is -4.06. The molecule has 0 amide bonds. The molecule has 0 aliphatic heterocycles. The average Bonchev–Trinajstić information content (AvgIpc) is 1.87. The molecule has 0 aliphatic carbocycles. The zero-order chi connectivity index (χ0) is 8.15. The van der Waals surface area contributed by atoms with Crippen molar-refractivity contribution in [1.82, 2.24) is 0 Å². The Balaban J connectivity index is 0. The molecule has 0 fully saturated rings. The molecule has 0 saturated heterocycles. The number of aliphatic carboxylic acids is 1. The molecule has 11 heavy (non-hydrogen) atoms. The molecule has 0 saturated carbocycles. The fourth-order valence-corrected chi connectivity index (χ4v) is 0.363. The van der Waals surface area contributed by atoms with Gasteiger partial charge in [0.1, 0.15) is 0 Å². The maximum Gasteiger partial charge on any atom is 1.00 e. The van der Waals surface area contributed by atoms with Crippen molar-refractivity contribution in [3.8, 4) is 0 Å². The third-order valence-electron chi connectivity index (χ3n) is 0.994. The van der Waals surface area contributed by atoms with Gasteiger partial charge in [-0.15, -0.1) is 0 Å². The van der Waals surface area contributed by atoms with E-state index in [4.69, 9.17) is 0 Å². The Kier molecular flexibility index (Phi) is 7.48. The first kappa shape index (κ1) is 13.2. The van der Waals surface area contributed by atoms with Crippen molar-refractivity contribution in [3.63, 3.8) is 0 Å². The first-order valence-electron chi connectivity index (χ1n) is 2.97. The van der Waals surface area contributed by atoms with Crippen LogP contribution in [0.3, 0.4) is 0 Å². The fraction of sp³-hybridized carbons (Fsp3) is 0.667. The monoisotopic (exact) mass is 152 g/mol. The number of carbonyl (C=O) groups is 2. The first-order valence-corrected chi connectivity index (χ1v) is 2.97. The zero-order valence-corrected chi connectivity index (χ0v) is 6.92. The standard InChI is InChI=1S/C6H10O4.Li/c1-3-10-6(9)4(2)5(7)8;/h4H,3H2,1-2H3,(H,7,8);/q;+1/p-1. The summed E-state index contributed by atoms with van der Waals surface area (Å²) >= 11 is 0. The Morgan fingerprint density at radius 2 is 2.00 bits per heavy atom. The van der Waals surface area contributed by atoms with Crippen LogP contribution in [0.25, 0.3) is 0 Å². The fourth-order valence-electron chi connectivity index (χ4n) is 0.363. The second kappa shape index (κ2) is 6.26. The van der Waals surface area contributed by atoms with Gasteiger partial charge in [0.15, 0.2) is 0 Å². The van der Waals surface area contributed by atoms with Crippen LogP contribution in [0.1, 0.15) is 13.8 Å². The first-order chi connectivity index (χ1) is 4.59. The Morgan fingerprint density at radius 3 is 2.27 bits per heavy atom. The topological polar surface area (TPSA) is 66.4 Å². The van der Waals surface area contributed by atoms with E-state index in [2.05, 4.69) is 4.74 Å². The van der Waals surface area contributed by atoms with Crippen LogP contribution in [0, 0.1) is 5.92 Å². The third kappa shape index (κ3) is 4.88. The summed E-state index contributed by atoms with van der Waals surface area (Å²) in [6, 6.07) is 0. The van der Waals surface area contributed by atoms with Gasteiger partial charge in [0.2, 0.25) is 0 Å². The molecule has 0 aromatic rings. The number of rotatable bonds is 3. The van der Waals surface area contributed by atoms with Crippen LogP contribution in [-0.2, 0) is 14.3 Å². The van der Waals surface area contributed by atoms with E-state index in [-0.39, 0.29) is 25.5 Å². The number of hydrogen-bond donors (Lipinski definition) is 0. The molecule has 0 spiro atoms. The predicted molar refractivity (Wildman–Crippen MR) is 30.8 cm³/mol. The van der Waals surface area contributed by atoms with Crippen LogP contribution in [0.4, 0.5) is 0 Å². The molecular weight excluding hydrogens is 143 g/mol. The minimum Gasteiger partial charge on any atom is -0.549 e. The van der Waals surface area contributed by atoms with E-state index in [0.717, 1.165) is 0 Å². The largest absolute Gasteiger partial charge is 1.00 e. The van der Waals surface area contributed by atoms with Crippen LogP contribution < -0.4 is 24.0 Å². The Hall–Kier alpha value is -0.463. The number of ether oxygens (including phenoxy) is 1. The minimum atomic E-state index is -1.40. The quantitative estimate of drug-likeness (QED) is 0.234. The number of hydrogen-bond acceptors (Lipinski definition) is 4. The molecule has 4 nitrogen and oxygen atoms in total. The van der Waals surface area contributed by atoms with E-state index < -0.39 is 17.9 Å². The summed E-state index contributed by atoms with van der Waals surface area (Å²) in [7, 11) is 0. The number of esters is 1. The van der Waals surface area contributed by atoms with Crippen molar-refractivity contribution < 1.29 is 38.3 Å². The van der Waals surface area contributed by atoms with Crippen LogP contribution >= 0.6 is 0 Å². The molecule has 0 N–H and O–H groups in total. The van der Waals surface area contributed by atoms with Gasteiger partial charge in [0.05, 0.1) is 18.5 Å². The van der Waals surface area contributed by atoms with Gasteiger partial charge in [-0.3, -0.25) is 4.79 Å². The second-order valence-electron chi connectivity index (χ2n) is 1.79. The van der Waals surface area contributed by atoms with E-state index in [9.17, 15) is 14.7 Å². The number of carboxylic acids is 1. The van der Waals surface area contributed by atoms with Crippen LogP contribution in [0.15, 0.2) is 0 Å². The summed E-state index contributed by atoms with van der Waals surface area (Å²) in [5, 5.41) is 10.0. The van der Waals surface area contributed by atoms with Gasteiger partial charge in [-0.1, -0.05) is 0 Å². The summed E-state index contributed by atoms with van der Waals surface area (Å²) in [6.07, 6.45) is 0. The van der Waals surface area contributed by atoms with E-state index in [1.807, 2.05) is 0 Å². The zero-order valence-electron chi connectivity index (χ0n) is 6.92. The molecule has 5 heteroatoms. The van der Waals surface area contributed by atoms with Crippen LogP contribution in [-0.4, -0.2) is 18.5 Å². The van der Waals surface area contributed by atoms with E-state index in [1.165, 1.54) is 6.92 Å². The summed E-state index contributed by atoms with van der Waals surface area (Å²) in [5.74, 6) is -3.32. The van der Waals surface area contributed by atoms with Crippen LogP contribution in [0.5, 0.6) is 0 Å². The van der Waals surface area contributed by atoms with Gasteiger partial charge in [-0.25, -0.2) is 0 Å². The normalized spacial score (nSPS) is 11.1. The second-order valence-corrected chi connectivity index (χ2v) is 1.79. The average molecular weight is 152 g/mol. The SMILES string of the molecule is CCOC(=O)C(C)C(=O)[O-].[Li+]. The van der Waals surface area contributed by atoms with Gasteiger partial charge in [-0.2, -0.15) is 0 Å². The van der Waals surface area contributed by atoms with Crippen molar-refractivity contribution >= 4 is 11.9 Å². The van der Waals surface area contributed by atoms with Crippen molar-refractivity contribution in [1.29, 1.82) is 0 Å². The van der Waals surface area contributed by atoms with Crippen molar-refractivity contribution in [3.05, 3.63) is 0 Å². The van der Waals surface area contributed by atoms with Gasteiger partial charge in [-0.05, 0) is 13.8 Å². The molecule has 0 radical (unpaired) electrons. The van der Waals surface area contributed by atoms with Crippen molar-refractivity contribution in [2.24, 2.45) is 5.92 Å². The van der Waals surface area contributed by atoms with Gasteiger partial charge in [0, 0.05) is 0 Å². The molecular formula is C6H9LiO4. The summed E-state index contributed by atoms with van der Waals surface area (Å²) in [6.45, 7) is 3.03. The molecule has 0 bridgehead atoms. The van der Waals surface area contributed by atoms with Gasteiger partial charge in [0.25, 0.3) is 0 Å². The Labute approximate surface area is 77.1 Å². The van der Waals surface area contributed by atoms with Crippen molar-refractivity contribution in [2.75, 3.05) is 6.61 Å². The molecule has 0 aliphatic rings. The minimum absolute atomic E-state index is 0. The molecule has 58 valence electrons.